The highest BCUT2D eigenvalue weighted by Gasteiger charge is 2.53. The van der Waals surface area contributed by atoms with Crippen LogP contribution >= 0.6 is 0 Å². The molecule has 19 heavy (non-hydrogen) atoms. The van der Waals surface area contributed by atoms with Crippen molar-refractivity contribution in [2.75, 3.05) is 26.2 Å². The summed E-state index contributed by atoms with van der Waals surface area (Å²) in [6, 6.07) is 0. The van der Waals surface area contributed by atoms with Crippen LogP contribution in [0.4, 0.5) is 0 Å². The second kappa shape index (κ2) is 4.44. The Balaban J connectivity index is 1.48. The molecule has 5 fully saturated rings. The smallest absolute Gasteiger partial charge is 0.104 e. The fourth-order valence-electron chi connectivity index (χ4n) is 6.02. The zero-order valence-electron chi connectivity index (χ0n) is 12.2. The van der Waals surface area contributed by atoms with Crippen LogP contribution in [0.3, 0.4) is 0 Å². The first-order chi connectivity index (χ1) is 9.14. The van der Waals surface area contributed by atoms with E-state index in [1.807, 2.05) is 6.92 Å². The van der Waals surface area contributed by atoms with Crippen LogP contribution < -0.4 is 0 Å². The summed E-state index contributed by atoms with van der Waals surface area (Å²) >= 11 is 0. The number of aliphatic hydroxyl groups excluding tert-OH is 1. The molecule has 5 rings (SSSR count). The normalized spacial score (nSPS) is 48.6. The van der Waals surface area contributed by atoms with E-state index in [1.165, 1.54) is 51.6 Å². The summed E-state index contributed by atoms with van der Waals surface area (Å²) in [5.41, 5.74) is 0.569. The Labute approximate surface area is 117 Å². The molecular weight excluding hydrogens is 236 g/mol. The lowest BCUT2D eigenvalue weighted by atomic mass is 9.52. The van der Waals surface area contributed by atoms with E-state index in [4.69, 9.17) is 0 Å². The number of piperazine rings is 1. The minimum absolute atomic E-state index is 0.265. The second-order valence-corrected chi connectivity index (χ2v) is 7.80. The van der Waals surface area contributed by atoms with Crippen LogP contribution in [-0.2, 0) is 0 Å². The van der Waals surface area contributed by atoms with Crippen LogP contribution in [-0.4, -0.2) is 52.9 Å². The van der Waals surface area contributed by atoms with Crippen molar-refractivity contribution in [1.29, 1.82) is 0 Å². The van der Waals surface area contributed by atoms with Gasteiger partial charge in [0.05, 0.1) is 0 Å². The summed E-state index contributed by atoms with van der Waals surface area (Å²) in [6.07, 6.45) is 8.78. The topological polar surface area (TPSA) is 26.7 Å². The third kappa shape index (κ3) is 2.05. The molecule has 0 spiro atoms. The van der Waals surface area contributed by atoms with Gasteiger partial charge in [0.2, 0.25) is 0 Å². The van der Waals surface area contributed by atoms with Crippen LogP contribution in [0.5, 0.6) is 0 Å². The first-order valence-electron chi connectivity index (χ1n) is 8.32. The maximum atomic E-state index is 9.70. The standard InChI is InChI=1S/C16H28N2O/c1-12(19)17-2-4-18(5-3-17)16-9-13-6-14(10-16)8-15(7-13)11-16/h12-15,19H,2-11H2,1H3. The summed E-state index contributed by atoms with van der Waals surface area (Å²) in [6.45, 7) is 6.37. The van der Waals surface area contributed by atoms with Crippen molar-refractivity contribution >= 4 is 0 Å². The largest absolute Gasteiger partial charge is 0.379 e. The van der Waals surface area contributed by atoms with Crippen molar-refractivity contribution in [1.82, 2.24) is 9.80 Å². The molecule has 3 heteroatoms. The molecule has 3 nitrogen and oxygen atoms in total. The van der Waals surface area contributed by atoms with Gasteiger partial charge in [-0.25, -0.2) is 0 Å². The van der Waals surface area contributed by atoms with E-state index in [-0.39, 0.29) is 6.23 Å². The minimum atomic E-state index is -0.265. The highest BCUT2D eigenvalue weighted by Crippen LogP contribution is 2.57. The fourth-order valence-corrected chi connectivity index (χ4v) is 6.02. The monoisotopic (exact) mass is 264 g/mol. The highest BCUT2D eigenvalue weighted by atomic mass is 16.3. The van der Waals surface area contributed by atoms with Crippen LogP contribution in [0, 0.1) is 17.8 Å². The second-order valence-electron chi connectivity index (χ2n) is 7.80. The zero-order valence-corrected chi connectivity index (χ0v) is 12.2. The molecule has 1 N–H and O–H groups in total. The van der Waals surface area contributed by atoms with Crippen molar-refractivity contribution in [3.63, 3.8) is 0 Å². The van der Waals surface area contributed by atoms with Gasteiger partial charge in [0.15, 0.2) is 0 Å². The molecular formula is C16H28N2O. The molecule has 1 unspecified atom stereocenters. The third-order valence-electron chi connectivity index (χ3n) is 6.52. The van der Waals surface area contributed by atoms with Gasteiger partial charge >= 0.3 is 0 Å². The van der Waals surface area contributed by atoms with Crippen LogP contribution in [0.25, 0.3) is 0 Å². The first-order valence-corrected chi connectivity index (χ1v) is 8.32. The van der Waals surface area contributed by atoms with Crippen molar-refractivity contribution in [2.24, 2.45) is 17.8 Å². The Bertz CT molecular complexity index is 311. The fraction of sp³-hybridized carbons (Fsp3) is 1.00. The Kier molecular flexibility index (Phi) is 2.95. The van der Waals surface area contributed by atoms with Gasteiger partial charge < -0.3 is 5.11 Å². The molecule has 108 valence electrons. The van der Waals surface area contributed by atoms with Gasteiger partial charge in [0.25, 0.3) is 0 Å². The van der Waals surface area contributed by atoms with Crippen molar-refractivity contribution in [3.8, 4) is 0 Å². The summed E-state index contributed by atoms with van der Waals surface area (Å²) in [4.78, 5) is 5.04. The summed E-state index contributed by atoms with van der Waals surface area (Å²) in [5, 5.41) is 9.70. The van der Waals surface area contributed by atoms with Gasteiger partial charge in [-0.15, -0.1) is 0 Å². The highest BCUT2D eigenvalue weighted by molar-refractivity contribution is 5.08. The molecule has 5 aliphatic rings. The number of hydrogen-bond acceptors (Lipinski definition) is 3. The summed E-state index contributed by atoms with van der Waals surface area (Å²) in [5.74, 6) is 3.13. The Hall–Kier alpha value is -0.120. The molecule has 4 bridgehead atoms. The molecule has 0 aromatic heterocycles. The lowest BCUT2D eigenvalue weighted by molar-refractivity contribution is -0.113. The molecule has 0 amide bonds. The molecule has 4 aliphatic carbocycles. The average Bonchev–Trinajstić information content (AvgIpc) is 2.37. The number of rotatable bonds is 2. The van der Waals surface area contributed by atoms with Gasteiger partial charge in [0, 0.05) is 31.7 Å². The minimum Gasteiger partial charge on any atom is -0.379 e. The molecule has 4 saturated carbocycles. The van der Waals surface area contributed by atoms with Gasteiger partial charge in [-0.3, -0.25) is 9.80 Å². The molecule has 1 aliphatic heterocycles. The molecule has 1 saturated heterocycles. The maximum absolute atomic E-state index is 9.70. The predicted molar refractivity (Wildman–Crippen MR) is 75.7 cm³/mol. The summed E-state index contributed by atoms with van der Waals surface area (Å²) in [7, 11) is 0. The van der Waals surface area contributed by atoms with Gasteiger partial charge in [-0.2, -0.15) is 0 Å². The first kappa shape index (κ1) is 12.6. The van der Waals surface area contributed by atoms with Crippen molar-refractivity contribution < 1.29 is 5.11 Å². The zero-order chi connectivity index (χ0) is 13.0. The van der Waals surface area contributed by atoms with Crippen LogP contribution in [0.1, 0.15) is 45.4 Å². The molecule has 0 radical (unpaired) electrons. The van der Waals surface area contributed by atoms with E-state index in [0.29, 0.717) is 5.54 Å². The van der Waals surface area contributed by atoms with E-state index in [9.17, 15) is 5.11 Å². The van der Waals surface area contributed by atoms with E-state index >= 15 is 0 Å². The van der Waals surface area contributed by atoms with Crippen LogP contribution in [0.2, 0.25) is 0 Å². The average molecular weight is 264 g/mol. The SMILES string of the molecule is CC(O)N1CCN(C23CC4CC(CC(C4)C2)C3)CC1. The Morgan fingerprint density at radius 1 is 0.895 bits per heavy atom. The maximum Gasteiger partial charge on any atom is 0.104 e. The van der Waals surface area contributed by atoms with Crippen molar-refractivity contribution in [2.45, 2.75) is 57.2 Å². The van der Waals surface area contributed by atoms with E-state index < -0.39 is 0 Å². The molecule has 0 aromatic carbocycles. The number of aliphatic hydroxyl groups is 1. The number of hydrogen-bond donors (Lipinski definition) is 1. The predicted octanol–water partition coefficient (Wildman–Crippen LogP) is 1.91. The lowest BCUT2D eigenvalue weighted by Gasteiger charge is -2.61. The van der Waals surface area contributed by atoms with Crippen molar-refractivity contribution in [3.05, 3.63) is 0 Å². The van der Waals surface area contributed by atoms with E-state index in [0.717, 1.165) is 30.8 Å². The third-order valence-corrected chi connectivity index (χ3v) is 6.52. The van der Waals surface area contributed by atoms with Gasteiger partial charge in [-0.1, -0.05) is 0 Å². The molecule has 1 atom stereocenters. The lowest BCUT2D eigenvalue weighted by Crippen LogP contribution is -2.64. The number of nitrogens with zero attached hydrogens (tertiary/aromatic N) is 2. The van der Waals surface area contributed by atoms with Gasteiger partial charge in [0.1, 0.15) is 6.23 Å². The van der Waals surface area contributed by atoms with E-state index in [2.05, 4.69) is 9.80 Å². The quantitative estimate of drug-likeness (QED) is 0.825. The molecule has 0 aromatic rings. The molecule has 1 heterocycles. The van der Waals surface area contributed by atoms with Gasteiger partial charge in [-0.05, 0) is 63.2 Å². The Morgan fingerprint density at radius 2 is 1.37 bits per heavy atom. The van der Waals surface area contributed by atoms with E-state index in [1.54, 1.807) is 0 Å². The Morgan fingerprint density at radius 3 is 1.79 bits per heavy atom. The summed E-state index contributed by atoms with van der Waals surface area (Å²) < 4.78 is 0. The van der Waals surface area contributed by atoms with Crippen LogP contribution in [0.15, 0.2) is 0 Å².